The highest BCUT2D eigenvalue weighted by Gasteiger charge is 2.06. The van der Waals surface area contributed by atoms with Crippen LogP contribution in [0.2, 0.25) is 0 Å². The maximum atomic E-state index is 4.51. The van der Waals surface area contributed by atoms with Crippen LogP contribution in [0.4, 0.5) is 0 Å². The Kier molecular flexibility index (Phi) is 8.00. The normalized spacial score (nSPS) is 10.9. The summed E-state index contributed by atoms with van der Waals surface area (Å²) in [6.45, 7) is 0. The maximum Gasteiger partial charge on any atom is 0.0702 e. The highest BCUT2D eigenvalue weighted by Crippen LogP contribution is 2.29. The minimum Gasteiger partial charge on any atom is -0.256 e. The van der Waals surface area contributed by atoms with E-state index in [4.69, 9.17) is 0 Å². The number of hydrogen-bond donors (Lipinski definition) is 0. The molecule has 1 aromatic heterocycles. The van der Waals surface area contributed by atoms with E-state index in [0.717, 1.165) is 17.7 Å². The molecule has 5 aromatic rings. The number of hydrogen-bond acceptors (Lipinski definition) is 1. The molecule has 1 heterocycles. The molecule has 0 aliphatic rings. The molecule has 0 fully saturated rings. The lowest BCUT2D eigenvalue weighted by Gasteiger charge is -2.10. The lowest BCUT2D eigenvalue weighted by molar-refractivity contribution is 0.640. The summed E-state index contributed by atoms with van der Waals surface area (Å²) < 4.78 is 0. The van der Waals surface area contributed by atoms with E-state index in [9.17, 15) is 0 Å². The van der Waals surface area contributed by atoms with Gasteiger partial charge in [-0.3, -0.25) is 4.98 Å². The van der Waals surface area contributed by atoms with Crippen molar-refractivity contribution in [2.75, 3.05) is 0 Å². The summed E-state index contributed by atoms with van der Waals surface area (Å²) in [6.07, 6.45) is 9.30. The first-order chi connectivity index (χ1) is 17.8. The molecule has 0 unspecified atom stereocenters. The first-order valence-corrected chi connectivity index (χ1v) is 13.1. The first kappa shape index (κ1) is 23.8. The zero-order valence-electron chi connectivity index (χ0n) is 20.8. The van der Waals surface area contributed by atoms with Crippen molar-refractivity contribution in [3.05, 3.63) is 139 Å². The molecule has 0 aliphatic heterocycles. The molecular weight excluding hydrogens is 434 g/mol. The van der Waals surface area contributed by atoms with Crippen molar-refractivity contribution in [1.29, 1.82) is 0 Å². The Morgan fingerprint density at radius 3 is 1.58 bits per heavy atom. The minimum atomic E-state index is 1.00. The standard InChI is InChI=1S/C35H33N/c1(4-13-28-14-6-3-7-15-28)2-5-16-29-17-10-18-30(25-29)31-19-11-20-32(26-31)33-21-12-22-34(27-33)35-23-8-9-24-36-35/h3,6-12,14-15,17-27H,1-2,4-5,13,16H2. The van der Waals surface area contributed by atoms with Gasteiger partial charge in [0, 0.05) is 11.8 Å². The molecule has 0 atom stereocenters. The molecule has 0 aliphatic carbocycles. The molecule has 0 saturated carbocycles. The van der Waals surface area contributed by atoms with Crippen LogP contribution >= 0.6 is 0 Å². The Hall–Kier alpha value is -3.97. The van der Waals surface area contributed by atoms with Crippen LogP contribution in [0, 0.1) is 0 Å². The van der Waals surface area contributed by atoms with Gasteiger partial charge in [0.15, 0.2) is 0 Å². The van der Waals surface area contributed by atoms with Crippen molar-refractivity contribution in [3.63, 3.8) is 0 Å². The van der Waals surface area contributed by atoms with E-state index in [1.807, 2.05) is 18.3 Å². The van der Waals surface area contributed by atoms with Crippen molar-refractivity contribution < 1.29 is 0 Å². The number of aromatic nitrogens is 1. The summed E-state index contributed by atoms with van der Waals surface area (Å²) >= 11 is 0. The van der Waals surface area contributed by atoms with Crippen molar-refractivity contribution in [2.24, 2.45) is 0 Å². The lowest BCUT2D eigenvalue weighted by Crippen LogP contribution is -1.89. The van der Waals surface area contributed by atoms with Gasteiger partial charge in [-0.2, -0.15) is 0 Å². The highest BCUT2D eigenvalue weighted by atomic mass is 14.7. The van der Waals surface area contributed by atoms with E-state index in [2.05, 4.69) is 114 Å². The summed E-state index contributed by atoms with van der Waals surface area (Å²) in [5, 5.41) is 0. The second kappa shape index (κ2) is 12.1. The van der Waals surface area contributed by atoms with Gasteiger partial charge < -0.3 is 0 Å². The number of pyridine rings is 1. The summed E-state index contributed by atoms with van der Waals surface area (Å²) in [4.78, 5) is 4.51. The molecule has 5 rings (SSSR count). The second-order valence-corrected chi connectivity index (χ2v) is 9.48. The van der Waals surface area contributed by atoms with E-state index in [1.165, 1.54) is 65.5 Å². The van der Waals surface area contributed by atoms with Crippen LogP contribution in [0.1, 0.15) is 36.8 Å². The molecule has 1 nitrogen and oxygen atoms in total. The quantitative estimate of drug-likeness (QED) is 0.186. The highest BCUT2D eigenvalue weighted by molar-refractivity contribution is 5.76. The van der Waals surface area contributed by atoms with Gasteiger partial charge in [-0.25, -0.2) is 0 Å². The Morgan fingerprint density at radius 1 is 0.389 bits per heavy atom. The third-order valence-corrected chi connectivity index (χ3v) is 6.80. The van der Waals surface area contributed by atoms with E-state index in [0.29, 0.717) is 0 Å². The summed E-state index contributed by atoms with van der Waals surface area (Å²) in [6, 6.07) is 43.5. The number of nitrogens with zero attached hydrogens (tertiary/aromatic N) is 1. The van der Waals surface area contributed by atoms with Gasteiger partial charge in [0.2, 0.25) is 0 Å². The van der Waals surface area contributed by atoms with Crippen LogP contribution in [0.3, 0.4) is 0 Å². The van der Waals surface area contributed by atoms with Gasteiger partial charge in [0.1, 0.15) is 0 Å². The van der Waals surface area contributed by atoms with Gasteiger partial charge >= 0.3 is 0 Å². The molecule has 0 saturated heterocycles. The van der Waals surface area contributed by atoms with Gasteiger partial charge in [0.05, 0.1) is 5.69 Å². The number of rotatable bonds is 10. The predicted molar refractivity (Wildman–Crippen MR) is 153 cm³/mol. The van der Waals surface area contributed by atoms with Crippen LogP contribution in [0.5, 0.6) is 0 Å². The predicted octanol–water partition coefficient (Wildman–Crippen LogP) is 9.43. The number of benzene rings is 4. The average Bonchev–Trinajstić information content (AvgIpc) is 2.96. The van der Waals surface area contributed by atoms with E-state index >= 15 is 0 Å². The third kappa shape index (κ3) is 6.37. The zero-order valence-corrected chi connectivity index (χ0v) is 20.8. The Labute approximate surface area is 215 Å². The number of aryl methyl sites for hydroxylation is 2. The molecule has 0 bridgehead atoms. The van der Waals surface area contributed by atoms with Crippen LogP contribution in [0.15, 0.2) is 128 Å². The molecule has 1 heteroatoms. The summed E-state index contributed by atoms with van der Waals surface area (Å²) in [7, 11) is 0. The molecule has 0 spiro atoms. The van der Waals surface area contributed by atoms with Crippen LogP contribution in [-0.2, 0) is 12.8 Å². The molecule has 36 heavy (non-hydrogen) atoms. The van der Waals surface area contributed by atoms with Crippen LogP contribution in [-0.4, -0.2) is 4.98 Å². The lowest BCUT2D eigenvalue weighted by atomic mass is 9.95. The average molecular weight is 468 g/mol. The van der Waals surface area contributed by atoms with Gasteiger partial charge in [-0.15, -0.1) is 0 Å². The smallest absolute Gasteiger partial charge is 0.0702 e. The van der Waals surface area contributed by atoms with Crippen molar-refractivity contribution in [2.45, 2.75) is 38.5 Å². The summed E-state index contributed by atoms with van der Waals surface area (Å²) in [5.74, 6) is 0. The maximum absolute atomic E-state index is 4.51. The van der Waals surface area contributed by atoms with Crippen LogP contribution < -0.4 is 0 Å². The van der Waals surface area contributed by atoms with Crippen molar-refractivity contribution in [3.8, 4) is 33.5 Å². The molecule has 4 aromatic carbocycles. The monoisotopic (exact) mass is 467 g/mol. The largest absolute Gasteiger partial charge is 0.256 e. The van der Waals surface area contributed by atoms with Gasteiger partial charge in [0.25, 0.3) is 0 Å². The fraction of sp³-hybridized carbons (Fsp3) is 0.171. The molecule has 0 N–H and O–H groups in total. The second-order valence-electron chi connectivity index (χ2n) is 9.48. The van der Waals surface area contributed by atoms with Gasteiger partial charge in [-0.1, -0.05) is 110 Å². The molecule has 0 radical (unpaired) electrons. The van der Waals surface area contributed by atoms with Crippen molar-refractivity contribution in [1.82, 2.24) is 4.98 Å². The van der Waals surface area contributed by atoms with Crippen LogP contribution in [0.25, 0.3) is 33.5 Å². The fourth-order valence-electron chi connectivity index (χ4n) is 4.83. The van der Waals surface area contributed by atoms with Crippen molar-refractivity contribution >= 4 is 0 Å². The molecule has 0 amide bonds. The van der Waals surface area contributed by atoms with Gasteiger partial charge in [-0.05, 0) is 83.3 Å². The fourth-order valence-corrected chi connectivity index (χ4v) is 4.83. The minimum absolute atomic E-state index is 1.00. The Bertz CT molecular complexity index is 1370. The molecular formula is C35H33N. The Balaban J connectivity index is 1.21. The topological polar surface area (TPSA) is 12.9 Å². The molecule has 178 valence electrons. The first-order valence-electron chi connectivity index (χ1n) is 13.1. The Morgan fingerprint density at radius 2 is 0.917 bits per heavy atom. The summed E-state index contributed by atoms with van der Waals surface area (Å²) in [5.41, 5.74) is 10.0. The third-order valence-electron chi connectivity index (χ3n) is 6.80. The number of unbranched alkanes of at least 4 members (excludes halogenated alkanes) is 3. The van der Waals surface area contributed by atoms with E-state index < -0.39 is 0 Å². The van der Waals surface area contributed by atoms with E-state index in [1.54, 1.807) is 0 Å². The van der Waals surface area contributed by atoms with E-state index in [-0.39, 0.29) is 0 Å². The zero-order chi connectivity index (χ0) is 24.4. The SMILES string of the molecule is c1ccc(CCCCCCc2cccc(-c3cccc(-c4cccc(-c5ccccn5)c4)c3)c2)cc1.